The molecule has 0 saturated carbocycles. The fourth-order valence-corrected chi connectivity index (χ4v) is 7.97. The first-order valence-electron chi connectivity index (χ1n) is 8.75. The Hall–Kier alpha value is -1.78. The third-order valence-electron chi connectivity index (χ3n) is 4.51. The number of alkyl halides is 1. The first kappa shape index (κ1) is 19.5. The van der Waals surface area contributed by atoms with Crippen LogP contribution in [0.2, 0.25) is 5.04 Å². The van der Waals surface area contributed by atoms with Gasteiger partial charge >= 0.3 is 0 Å². The van der Waals surface area contributed by atoms with Crippen LogP contribution >= 0.6 is 0 Å². The zero-order chi connectivity index (χ0) is 18.6. The highest BCUT2D eigenvalue weighted by Crippen LogP contribution is 2.40. The van der Waals surface area contributed by atoms with Crippen LogP contribution in [-0.2, 0) is 9.22 Å². The van der Waals surface area contributed by atoms with Crippen molar-refractivity contribution in [3.63, 3.8) is 0 Å². The molecule has 25 heavy (non-hydrogen) atoms. The zero-order valence-corrected chi connectivity index (χ0v) is 16.5. The number of halogens is 1. The quantitative estimate of drug-likeness (QED) is 0.547. The van der Waals surface area contributed by atoms with Crippen molar-refractivity contribution in [2.75, 3.05) is 0 Å². The van der Waals surface area contributed by atoms with E-state index in [2.05, 4.69) is 20.8 Å². The second-order valence-electron chi connectivity index (χ2n) is 7.42. The largest absolute Gasteiger partial charge is 0.371 e. The lowest BCUT2D eigenvalue weighted by Crippen LogP contribution is -2.69. The minimum atomic E-state index is -3.05. The fourth-order valence-electron chi connectivity index (χ4n) is 3.38. The third-order valence-corrected chi connectivity index (χ3v) is 9.56. The third kappa shape index (κ3) is 3.91. The monoisotopic (exact) mass is 358 g/mol. The van der Waals surface area contributed by atoms with Crippen molar-refractivity contribution in [2.24, 2.45) is 0 Å². The number of benzene rings is 2. The molecule has 0 aliphatic rings. The predicted octanol–water partition coefficient (Wildman–Crippen LogP) is 4.23. The number of aldehydes is 1. The SMILES string of the molecule is CCCC(F)(C=O)O[Si](c1ccccc1)(c1ccccc1)C(C)(C)C. The molecule has 0 spiro atoms. The maximum absolute atomic E-state index is 15.4. The molecule has 0 aliphatic carbocycles. The van der Waals surface area contributed by atoms with Gasteiger partial charge in [-0.2, -0.15) is 0 Å². The Labute approximate surface area is 151 Å². The Morgan fingerprint density at radius 2 is 1.40 bits per heavy atom. The van der Waals surface area contributed by atoms with Gasteiger partial charge in [0, 0.05) is 6.42 Å². The van der Waals surface area contributed by atoms with Crippen molar-refractivity contribution < 1.29 is 13.6 Å². The molecule has 0 N–H and O–H groups in total. The van der Waals surface area contributed by atoms with Gasteiger partial charge in [-0.25, -0.2) is 4.39 Å². The van der Waals surface area contributed by atoms with Crippen molar-refractivity contribution in [1.29, 1.82) is 0 Å². The van der Waals surface area contributed by atoms with E-state index in [9.17, 15) is 4.79 Å². The summed E-state index contributed by atoms with van der Waals surface area (Å²) in [7, 11) is -3.05. The van der Waals surface area contributed by atoms with Crippen LogP contribution in [0.25, 0.3) is 0 Å². The highest BCUT2D eigenvalue weighted by Gasteiger charge is 2.54. The molecule has 0 bridgehead atoms. The first-order valence-corrected chi connectivity index (χ1v) is 10.7. The molecular weight excluding hydrogens is 331 g/mol. The van der Waals surface area contributed by atoms with Crippen LogP contribution in [0.1, 0.15) is 40.5 Å². The normalized spacial score (nSPS) is 14.8. The van der Waals surface area contributed by atoms with E-state index in [0.29, 0.717) is 12.7 Å². The van der Waals surface area contributed by atoms with Crippen molar-refractivity contribution in [3.8, 4) is 0 Å². The molecule has 4 heteroatoms. The Bertz CT molecular complexity index is 643. The van der Waals surface area contributed by atoms with Crippen LogP contribution < -0.4 is 10.4 Å². The summed E-state index contributed by atoms with van der Waals surface area (Å²) in [6.07, 6.45) is 0.921. The molecule has 0 aliphatic heterocycles. The van der Waals surface area contributed by atoms with E-state index in [4.69, 9.17) is 4.43 Å². The van der Waals surface area contributed by atoms with Gasteiger partial charge < -0.3 is 4.43 Å². The fraction of sp³-hybridized carbons (Fsp3) is 0.381. The molecule has 0 amide bonds. The van der Waals surface area contributed by atoms with Crippen LogP contribution in [0, 0.1) is 0 Å². The number of hydrogen-bond donors (Lipinski definition) is 0. The van der Waals surface area contributed by atoms with Crippen LogP contribution in [0.4, 0.5) is 4.39 Å². The summed E-state index contributed by atoms with van der Waals surface area (Å²) in [4.78, 5) is 11.6. The summed E-state index contributed by atoms with van der Waals surface area (Å²) in [5, 5.41) is 1.58. The average molecular weight is 359 g/mol. The molecule has 1 atom stereocenters. The molecule has 1 unspecified atom stereocenters. The van der Waals surface area contributed by atoms with Gasteiger partial charge in [-0.1, -0.05) is 94.8 Å². The van der Waals surface area contributed by atoms with Crippen LogP contribution in [0.15, 0.2) is 60.7 Å². The maximum Gasteiger partial charge on any atom is 0.265 e. The van der Waals surface area contributed by atoms with Crippen LogP contribution in [0.3, 0.4) is 0 Å². The lowest BCUT2D eigenvalue weighted by Gasteiger charge is -2.45. The summed E-state index contributed by atoms with van der Waals surface area (Å²) >= 11 is 0. The minimum absolute atomic E-state index is 0.0565. The molecule has 0 fully saturated rings. The van der Waals surface area contributed by atoms with Gasteiger partial charge in [0.15, 0.2) is 6.29 Å². The predicted molar refractivity (Wildman–Crippen MR) is 104 cm³/mol. The van der Waals surface area contributed by atoms with Crippen molar-refractivity contribution >= 4 is 25.0 Å². The summed E-state index contributed by atoms with van der Waals surface area (Å²) in [5.41, 5.74) is 0. The van der Waals surface area contributed by atoms with Gasteiger partial charge in [0.05, 0.1) is 0 Å². The van der Waals surface area contributed by atoms with Crippen molar-refractivity contribution in [2.45, 2.75) is 51.4 Å². The Morgan fingerprint density at radius 3 is 1.72 bits per heavy atom. The van der Waals surface area contributed by atoms with Gasteiger partial charge in [0.2, 0.25) is 0 Å². The Balaban J connectivity index is 2.75. The number of carbonyl (C=O) groups excluding carboxylic acids is 1. The molecule has 0 heterocycles. The van der Waals surface area contributed by atoms with E-state index >= 15 is 4.39 Å². The smallest absolute Gasteiger partial charge is 0.265 e. The van der Waals surface area contributed by atoms with E-state index in [-0.39, 0.29) is 11.5 Å². The molecule has 0 radical (unpaired) electrons. The van der Waals surface area contributed by atoms with Gasteiger partial charge in [-0.3, -0.25) is 4.79 Å². The van der Waals surface area contributed by atoms with Gasteiger partial charge in [0.1, 0.15) is 0 Å². The van der Waals surface area contributed by atoms with Crippen LogP contribution in [0.5, 0.6) is 0 Å². The highest BCUT2D eigenvalue weighted by molar-refractivity contribution is 6.99. The number of hydrogen-bond acceptors (Lipinski definition) is 2. The molecule has 0 aromatic heterocycles. The summed E-state index contributed by atoms with van der Waals surface area (Å²) < 4.78 is 21.6. The minimum Gasteiger partial charge on any atom is -0.371 e. The van der Waals surface area contributed by atoms with E-state index in [1.54, 1.807) is 0 Å². The molecule has 2 rings (SSSR count). The number of rotatable bonds is 7. The standard InChI is InChI=1S/C21H27FO2Si/c1-5-16-21(22,17-23)24-25(20(2,3)4,18-12-8-6-9-13-18)19-14-10-7-11-15-19/h6-15,17H,5,16H2,1-4H3. The summed E-state index contributed by atoms with van der Waals surface area (Å²) in [6.45, 7) is 8.05. The lowest BCUT2D eigenvalue weighted by molar-refractivity contribution is -0.140. The Morgan fingerprint density at radius 1 is 0.960 bits per heavy atom. The van der Waals surface area contributed by atoms with E-state index in [1.807, 2.05) is 67.6 Å². The summed E-state index contributed by atoms with van der Waals surface area (Å²) in [6, 6.07) is 19.6. The molecule has 2 aromatic rings. The van der Waals surface area contributed by atoms with Gasteiger partial charge in [-0.05, 0) is 15.4 Å². The second kappa shape index (κ2) is 7.62. The average Bonchev–Trinajstić information content (AvgIpc) is 2.60. The van der Waals surface area contributed by atoms with E-state index in [1.165, 1.54) is 0 Å². The molecule has 2 nitrogen and oxygen atoms in total. The van der Waals surface area contributed by atoms with Gasteiger partial charge in [-0.15, -0.1) is 0 Å². The molecular formula is C21H27FO2Si. The van der Waals surface area contributed by atoms with Crippen molar-refractivity contribution in [3.05, 3.63) is 60.7 Å². The topological polar surface area (TPSA) is 26.3 Å². The second-order valence-corrected chi connectivity index (χ2v) is 11.6. The van der Waals surface area contributed by atoms with E-state index in [0.717, 1.165) is 10.4 Å². The maximum atomic E-state index is 15.4. The molecule has 134 valence electrons. The van der Waals surface area contributed by atoms with E-state index < -0.39 is 14.2 Å². The van der Waals surface area contributed by atoms with Crippen LogP contribution in [-0.4, -0.2) is 20.5 Å². The lowest BCUT2D eigenvalue weighted by atomic mass is 10.2. The Kier molecular flexibility index (Phi) is 5.96. The van der Waals surface area contributed by atoms with Gasteiger partial charge in [0.25, 0.3) is 14.2 Å². The zero-order valence-electron chi connectivity index (χ0n) is 15.5. The first-order chi connectivity index (χ1) is 11.8. The number of carbonyl (C=O) groups is 1. The molecule has 2 aromatic carbocycles. The highest BCUT2D eigenvalue weighted by atomic mass is 28.4. The molecule has 0 saturated heterocycles. The summed E-state index contributed by atoms with van der Waals surface area (Å²) in [5.74, 6) is -2.28. The van der Waals surface area contributed by atoms with Crippen molar-refractivity contribution in [1.82, 2.24) is 0 Å².